The summed E-state index contributed by atoms with van der Waals surface area (Å²) in [5.74, 6) is 0.754. The van der Waals surface area contributed by atoms with Crippen molar-refractivity contribution in [1.29, 1.82) is 0 Å². The minimum atomic E-state index is 0.683. The van der Waals surface area contributed by atoms with Gasteiger partial charge in [-0.05, 0) is 18.2 Å². The Labute approximate surface area is 97.9 Å². The van der Waals surface area contributed by atoms with E-state index in [1.54, 1.807) is 19.4 Å². The Balaban J connectivity index is 2.22. The van der Waals surface area contributed by atoms with Gasteiger partial charge in [-0.15, -0.1) is 0 Å². The van der Waals surface area contributed by atoms with Gasteiger partial charge in [-0.1, -0.05) is 11.8 Å². The maximum absolute atomic E-state index is 5.90. The van der Waals surface area contributed by atoms with E-state index in [4.69, 9.17) is 10.5 Å². The Kier molecular flexibility index (Phi) is 3.26. The minimum Gasteiger partial charge on any atom is -0.497 e. The van der Waals surface area contributed by atoms with Crippen molar-refractivity contribution < 1.29 is 4.74 Å². The SMILES string of the molecule is COc1ccc(Sc2ccncn2)c(N)c1. The highest BCUT2D eigenvalue weighted by Gasteiger charge is 2.03. The Bertz CT molecular complexity index is 476. The number of hydrogen-bond acceptors (Lipinski definition) is 5. The highest BCUT2D eigenvalue weighted by molar-refractivity contribution is 7.99. The minimum absolute atomic E-state index is 0.683. The second-order valence-electron chi connectivity index (χ2n) is 3.05. The molecule has 0 unspecified atom stereocenters. The second kappa shape index (κ2) is 4.85. The Morgan fingerprint density at radius 1 is 1.31 bits per heavy atom. The summed E-state index contributed by atoms with van der Waals surface area (Å²) in [5.41, 5.74) is 6.58. The fourth-order valence-corrected chi connectivity index (χ4v) is 1.96. The van der Waals surface area contributed by atoms with Gasteiger partial charge in [0.1, 0.15) is 17.1 Å². The molecule has 5 heteroatoms. The molecule has 0 fully saturated rings. The van der Waals surface area contributed by atoms with Crippen LogP contribution in [0, 0.1) is 0 Å². The predicted molar refractivity (Wildman–Crippen MR) is 63.6 cm³/mol. The maximum atomic E-state index is 5.90. The third-order valence-corrected chi connectivity index (χ3v) is 3.03. The number of ether oxygens (including phenoxy) is 1. The Morgan fingerprint density at radius 2 is 2.19 bits per heavy atom. The first-order chi connectivity index (χ1) is 7.79. The molecule has 1 aromatic heterocycles. The van der Waals surface area contributed by atoms with Gasteiger partial charge >= 0.3 is 0 Å². The standard InChI is InChI=1S/C11H11N3OS/c1-15-8-2-3-10(9(12)6-8)16-11-4-5-13-7-14-11/h2-7H,12H2,1H3. The molecule has 0 radical (unpaired) electrons. The van der Waals surface area contributed by atoms with Crippen LogP contribution in [0.25, 0.3) is 0 Å². The lowest BCUT2D eigenvalue weighted by Crippen LogP contribution is -1.91. The smallest absolute Gasteiger partial charge is 0.120 e. The van der Waals surface area contributed by atoms with Gasteiger partial charge in [-0.3, -0.25) is 0 Å². The molecule has 0 aliphatic carbocycles. The van der Waals surface area contributed by atoms with Crippen LogP contribution in [0.5, 0.6) is 5.75 Å². The molecule has 1 aromatic carbocycles. The highest BCUT2D eigenvalue weighted by Crippen LogP contribution is 2.32. The number of benzene rings is 1. The third-order valence-electron chi connectivity index (χ3n) is 1.99. The van der Waals surface area contributed by atoms with E-state index < -0.39 is 0 Å². The van der Waals surface area contributed by atoms with Crippen LogP contribution in [0.15, 0.2) is 46.7 Å². The first kappa shape index (κ1) is 10.8. The molecule has 2 aromatic rings. The van der Waals surface area contributed by atoms with Gasteiger partial charge in [0.25, 0.3) is 0 Å². The molecular weight excluding hydrogens is 222 g/mol. The number of rotatable bonds is 3. The largest absolute Gasteiger partial charge is 0.497 e. The molecule has 0 spiro atoms. The molecule has 0 aliphatic rings. The molecule has 0 bridgehead atoms. The van der Waals surface area contributed by atoms with E-state index in [1.165, 1.54) is 18.1 Å². The van der Waals surface area contributed by atoms with E-state index in [-0.39, 0.29) is 0 Å². The Morgan fingerprint density at radius 3 is 2.81 bits per heavy atom. The van der Waals surface area contributed by atoms with Crippen LogP contribution in [0.4, 0.5) is 5.69 Å². The summed E-state index contributed by atoms with van der Waals surface area (Å²) < 4.78 is 5.09. The van der Waals surface area contributed by atoms with Crippen molar-refractivity contribution in [2.24, 2.45) is 0 Å². The van der Waals surface area contributed by atoms with Crippen LogP contribution in [-0.2, 0) is 0 Å². The van der Waals surface area contributed by atoms with E-state index >= 15 is 0 Å². The van der Waals surface area contributed by atoms with E-state index in [0.29, 0.717) is 5.69 Å². The zero-order valence-corrected chi connectivity index (χ0v) is 9.57. The molecule has 2 rings (SSSR count). The zero-order chi connectivity index (χ0) is 11.4. The molecule has 0 atom stereocenters. The highest BCUT2D eigenvalue weighted by atomic mass is 32.2. The van der Waals surface area contributed by atoms with Gasteiger partial charge in [-0.25, -0.2) is 9.97 Å². The first-order valence-electron chi connectivity index (χ1n) is 4.67. The molecule has 0 amide bonds. The van der Waals surface area contributed by atoms with Gasteiger partial charge < -0.3 is 10.5 Å². The quantitative estimate of drug-likeness (QED) is 0.650. The number of aromatic nitrogens is 2. The predicted octanol–water partition coefficient (Wildman–Crippen LogP) is 2.22. The average molecular weight is 233 g/mol. The Hall–Kier alpha value is -1.75. The fourth-order valence-electron chi connectivity index (χ4n) is 1.20. The number of nitrogens with zero attached hydrogens (tertiary/aromatic N) is 2. The summed E-state index contributed by atoms with van der Waals surface area (Å²) in [6.07, 6.45) is 3.22. The van der Waals surface area contributed by atoms with E-state index in [9.17, 15) is 0 Å². The van der Waals surface area contributed by atoms with Crippen LogP contribution in [0.3, 0.4) is 0 Å². The van der Waals surface area contributed by atoms with Crippen molar-refractivity contribution in [2.75, 3.05) is 12.8 Å². The number of anilines is 1. The number of nitrogens with two attached hydrogens (primary N) is 1. The van der Waals surface area contributed by atoms with Crippen LogP contribution in [0.2, 0.25) is 0 Å². The number of hydrogen-bond donors (Lipinski definition) is 1. The maximum Gasteiger partial charge on any atom is 0.120 e. The molecule has 0 saturated carbocycles. The van der Waals surface area contributed by atoms with Gasteiger partial charge in [0, 0.05) is 22.8 Å². The van der Waals surface area contributed by atoms with Crippen molar-refractivity contribution in [3.63, 3.8) is 0 Å². The summed E-state index contributed by atoms with van der Waals surface area (Å²) in [7, 11) is 1.62. The van der Waals surface area contributed by atoms with Gasteiger partial charge in [0.2, 0.25) is 0 Å². The van der Waals surface area contributed by atoms with Gasteiger partial charge in [-0.2, -0.15) is 0 Å². The molecule has 2 N–H and O–H groups in total. The van der Waals surface area contributed by atoms with Crippen molar-refractivity contribution in [2.45, 2.75) is 9.92 Å². The normalized spacial score (nSPS) is 10.1. The van der Waals surface area contributed by atoms with Crippen LogP contribution >= 0.6 is 11.8 Å². The zero-order valence-electron chi connectivity index (χ0n) is 8.75. The monoisotopic (exact) mass is 233 g/mol. The summed E-state index contributed by atoms with van der Waals surface area (Å²) in [6.45, 7) is 0. The van der Waals surface area contributed by atoms with Crippen molar-refractivity contribution in [3.8, 4) is 5.75 Å². The summed E-state index contributed by atoms with van der Waals surface area (Å²) in [5, 5.41) is 0.867. The third kappa shape index (κ3) is 2.43. The van der Waals surface area contributed by atoms with Crippen molar-refractivity contribution in [3.05, 3.63) is 36.8 Å². The molecule has 1 heterocycles. The van der Waals surface area contributed by atoms with Crippen LogP contribution in [-0.4, -0.2) is 17.1 Å². The topological polar surface area (TPSA) is 61.0 Å². The number of methoxy groups -OCH3 is 1. The lowest BCUT2D eigenvalue weighted by Gasteiger charge is -2.06. The lowest BCUT2D eigenvalue weighted by molar-refractivity contribution is 0.415. The van der Waals surface area contributed by atoms with Crippen LogP contribution in [0.1, 0.15) is 0 Å². The molecule has 4 nitrogen and oxygen atoms in total. The van der Waals surface area contributed by atoms with E-state index in [1.807, 2.05) is 18.2 Å². The van der Waals surface area contributed by atoms with Gasteiger partial charge in [0.15, 0.2) is 0 Å². The fraction of sp³-hybridized carbons (Fsp3) is 0.0909. The number of nitrogen functional groups attached to an aromatic ring is 1. The lowest BCUT2D eigenvalue weighted by atomic mass is 10.3. The molecule has 0 saturated heterocycles. The second-order valence-corrected chi connectivity index (χ2v) is 4.12. The average Bonchev–Trinajstić information content (AvgIpc) is 2.33. The first-order valence-corrected chi connectivity index (χ1v) is 5.48. The summed E-state index contributed by atoms with van der Waals surface area (Å²) in [4.78, 5) is 8.94. The van der Waals surface area contributed by atoms with E-state index in [2.05, 4.69) is 9.97 Å². The summed E-state index contributed by atoms with van der Waals surface area (Å²) >= 11 is 1.50. The van der Waals surface area contributed by atoms with E-state index in [0.717, 1.165) is 15.7 Å². The molecular formula is C11H11N3OS. The summed E-state index contributed by atoms with van der Waals surface area (Å²) in [6, 6.07) is 7.43. The molecule has 0 aliphatic heterocycles. The van der Waals surface area contributed by atoms with Crippen molar-refractivity contribution in [1.82, 2.24) is 9.97 Å². The van der Waals surface area contributed by atoms with Gasteiger partial charge in [0.05, 0.1) is 7.11 Å². The molecule has 16 heavy (non-hydrogen) atoms. The van der Waals surface area contributed by atoms with Crippen molar-refractivity contribution >= 4 is 17.4 Å². The molecule has 82 valence electrons. The van der Waals surface area contributed by atoms with Crippen LogP contribution < -0.4 is 10.5 Å².